The number of benzene rings is 2. The zero-order valence-corrected chi connectivity index (χ0v) is 19.7. The van der Waals surface area contributed by atoms with Crippen LogP contribution in [0.2, 0.25) is 0 Å². The second-order valence-electron chi connectivity index (χ2n) is 10.2. The van der Waals surface area contributed by atoms with E-state index in [0.717, 1.165) is 29.8 Å². The molecule has 4 heteroatoms. The lowest BCUT2D eigenvalue weighted by atomic mass is 9.82. The second kappa shape index (κ2) is 8.33. The number of hydrogen-bond donors (Lipinski definition) is 0. The van der Waals surface area contributed by atoms with Gasteiger partial charge in [0.15, 0.2) is 5.78 Å². The lowest BCUT2D eigenvalue weighted by Gasteiger charge is -2.24. The minimum absolute atomic E-state index is 0.0572. The maximum atomic E-state index is 13.4. The number of fused-ring (bicyclic) bond motifs is 1. The van der Waals surface area contributed by atoms with Crippen LogP contribution in [0.5, 0.6) is 0 Å². The van der Waals surface area contributed by atoms with Gasteiger partial charge in [0.05, 0.1) is 12.7 Å². The number of anilines is 1. The summed E-state index contributed by atoms with van der Waals surface area (Å²) >= 11 is 0. The van der Waals surface area contributed by atoms with E-state index in [0.29, 0.717) is 11.1 Å². The largest absolute Gasteiger partial charge is 0.465 e. The third-order valence-electron chi connectivity index (χ3n) is 5.70. The molecule has 0 aromatic heterocycles. The Labute approximate surface area is 185 Å². The third kappa shape index (κ3) is 4.90. The van der Waals surface area contributed by atoms with Gasteiger partial charge in [0.2, 0.25) is 0 Å². The summed E-state index contributed by atoms with van der Waals surface area (Å²) in [6, 6.07) is 13.9. The number of ether oxygens (including phenoxy) is 1. The molecule has 0 fully saturated rings. The molecule has 0 amide bonds. The molecule has 0 saturated carbocycles. The number of allylic oxidation sites excluding steroid dienone is 1. The first-order valence-electron chi connectivity index (χ1n) is 10.8. The zero-order valence-electron chi connectivity index (χ0n) is 19.7. The summed E-state index contributed by atoms with van der Waals surface area (Å²) < 4.78 is 4.84. The lowest BCUT2D eigenvalue weighted by Crippen LogP contribution is -2.24. The molecule has 0 aliphatic carbocycles. The lowest BCUT2D eigenvalue weighted by molar-refractivity contribution is -0.120. The fourth-order valence-electron chi connectivity index (χ4n) is 3.78. The molecule has 4 nitrogen and oxygen atoms in total. The van der Waals surface area contributed by atoms with Crippen molar-refractivity contribution in [3.05, 3.63) is 70.9 Å². The Morgan fingerprint density at radius 2 is 1.55 bits per heavy atom. The number of esters is 1. The van der Waals surface area contributed by atoms with E-state index in [1.807, 2.05) is 51.2 Å². The Balaban J connectivity index is 2.02. The second-order valence-corrected chi connectivity index (χ2v) is 10.2. The van der Waals surface area contributed by atoms with Crippen molar-refractivity contribution in [2.75, 3.05) is 18.6 Å². The molecule has 1 aliphatic heterocycles. The van der Waals surface area contributed by atoms with Crippen LogP contribution in [0.25, 0.3) is 5.57 Å². The summed E-state index contributed by atoms with van der Waals surface area (Å²) in [4.78, 5) is 27.4. The van der Waals surface area contributed by atoms with Crippen LogP contribution in [-0.2, 0) is 21.4 Å². The average molecular weight is 420 g/mol. The molecule has 0 N–H and O–H groups in total. The van der Waals surface area contributed by atoms with Crippen molar-refractivity contribution < 1.29 is 14.3 Å². The van der Waals surface area contributed by atoms with E-state index in [1.54, 1.807) is 6.07 Å². The maximum absolute atomic E-state index is 13.4. The van der Waals surface area contributed by atoms with Crippen molar-refractivity contribution in [2.24, 2.45) is 5.41 Å². The van der Waals surface area contributed by atoms with Gasteiger partial charge in [-0.15, -0.1) is 0 Å². The zero-order chi connectivity index (χ0) is 23.0. The normalized spacial score (nSPS) is 14.4. The smallest absolute Gasteiger partial charge is 0.337 e. The molecule has 0 atom stereocenters. The fourth-order valence-corrected chi connectivity index (χ4v) is 3.78. The summed E-state index contributed by atoms with van der Waals surface area (Å²) in [5, 5.41) is 0. The Morgan fingerprint density at radius 3 is 2.10 bits per heavy atom. The predicted octanol–water partition coefficient (Wildman–Crippen LogP) is 5.79. The molecular formula is C27H33NO3. The van der Waals surface area contributed by atoms with Gasteiger partial charge in [-0.25, -0.2) is 4.79 Å². The number of methoxy groups -OCH3 is 1. The van der Waals surface area contributed by atoms with Crippen LogP contribution in [0.3, 0.4) is 0 Å². The molecule has 1 heterocycles. The fraction of sp³-hybridized carbons (Fsp3) is 0.407. The molecule has 1 aliphatic rings. The molecule has 0 unspecified atom stereocenters. The Morgan fingerprint density at radius 1 is 0.935 bits per heavy atom. The van der Waals surface area contributed by atoms with Crippen molar-refractivity contribution >= 4 is 23.0 Å². The van der Waals surface area contributed by atoms with Crippen molar-refractivity contribution in [1.29, 1.82) is 0 Å². The molecule has 0 bridgehead atoms. The number of carbonyl (C=O) groups is 2. The van der Waals surface area contributed by atoms with Crippen LogP contribution in [0.4, 0.5) is 5.69 Å². The Hall–Kier alpha value is -2.88. The van der Waals surface area contributed by atoms with Gasteiger partial charge >= 0.3 is 5.97 Å². The standard InChI is InChI=1S/C27H33NO3/c1-26(2,3)21-11-8-18(9-12-21)22(24(29)27(4,5)6)17-28-15-14-19-16-20(25(30)31-7)10-13-23(19)28/h8-13,16-17H,14-15H2,1-7H3/b22-17+. The average Bonchev–Trinajstić information content (AvgIpc) is 3.11. The van der Waals surface area contributed by atoms with E-state index in [2.05, 4.69) is 37.8 Å². The number of rotatable bonds is 4. The van der Waals surface area contributed by atoms with Crippen molar-refractivity contribution in [2.45, 2.75) is 53.4 Å². The van der Waals surface area contributed by atoms with Crippen LogP contribution < -0.4 is 4.90 Å². The quantitative estimate of drug-likeness (QED) is 0.465. The summed E-state index contributed by atoms with van der Waals surface area (Å²) in [6.45, 7) is 13.2. The highest BCUT2D eigenvalue weighted by molar-refractivity contribution is 6.23. The van der Waals surface area contributed by atoms with Gasteiger partial charge in [-0.05, 0) is 46.7 Å². The van der Waals surface area contributed by atoms with Crippen LogP contribution in [-0.4, -0.2) is 25.4 Å². The monoisotopic (exact) mass is 419 g/mol. The van der Waals surface area contributed by atoms with Gasteiger partial charge in [-0.1, -0.05) is 65.8 Å². The van der Waals surface area contributed by atoms with Gasteiger partial charge in [-0.3, -0.25) is 4.79 Å². The first-order chi connectivity index (χ1) is 14.4. The molecule has 3 rings (SSSR count). The molecule has 0 saturated heterocycles. The minimum atomic E-state index is -0.494. The summed E-state index contributed by atoms with van der Waals surface area (Å²) in [7, 11) is 1.39. The number of carbonyl (C=O) groups excluding carboxylic acids is 2. The van der Waals surface area contributed by atoms with Crippen LogP contribution >= 0.6 is 0 Å². The van der Waals surface area contributed by atoms with Gasteiger partial charge in [-0.2, -0.15) is 0 Å². The molecular weight excluding hydrogens is 386 g/mol. The first kappa shape index (κ1) is 22.8. The van der Waals surface area contributed by atoms with E-state index >= 15 is 0 Å². The topological polar surface area (TPSA) is 46.6 Å². The van der Waals surface area contributed by atoms with Crippen molar-refractivity contribution in [1.82, 2.24) is 0 Å². The number of ketones is 1. The molecule has 0 radical (unpaired) electrons. The third-order valence-corrected chi connectivity index (χ3v) is 5.70. The summed E-state index contributed by atoms with van der Waals surface area (Å²) in [5.74, 6) is -0.227. The van der Waals surface area contributed by atoms with Crippen molar-refractivity contribution in [3.63, 3.8) is 0 Å². The highest BCUT2D eigenvalue weighted by atomic mass is 16.5. The first-order valence-corrected chi connectivity index (χ1v) is 10.8. The van der Waals surface area contributed by atoms with Crippen LogP contribution in [0.1, 0.15) is 68.6 Å². The molecule has 2 aromatic rings. The van der Waals surface area contributed by atoms with Crippen LogP contribution in [0, 0.1) is 5.41 Å². The highest BCUT2D eigenvalue weighted by Gasteiger charge is 2.28. The van der Waals surface area contributed by atoms with Gasteiger partial charge in [0.1, 0.15) is 0 Å². The summed E-state index contributed by atoms with van der Waals surface area (Å²) in [6.07, 6.45) is 2.79. The highest BCUT2D eigenvalue weighted by Crippen LogP contribution is 2.34. The van der Waals surface area contributed by atoms with Gasteiger partial charge < -0.3 is 9.64 Å². The SMILES string of the molecule is COC(=O)c1ccc2c(c1)CCN2/C=C(/C(=O)C(C)(C)C)c1ccc(C(C)(C)C)cc1. The molecule has 2 aromatic carbocycles. The predicted molar refractivity (Wildman–Crippen MR) is 126 cm³/mol. The van der Waals surface area contributed by atoms with Crippen LogP contribution in [0.15, 0.2) is 48.7 Å². The van der Waals surface area contributed by atoms with E-state index in [9.17, 15) is 9.59 Å². The molecule has 31 heavy (non-hydrogen) atoms. The number of Topliss-reactive ketones (excluding diaryl/α,β-unsaturated/α-hetero) is 1. The number of hydrogen-bond acceptors (Lipinski definition) is 4. The Bertz CT molecular complexity index is 1020. The van der Waals surface area contributed by atoms with E-state index in [1.165, 1.54) is 12.7 Å². The van der Waals surface area contributed by atoms with Gasteiger partial charge in [0.25, 0.3) is 0 Å². The van der Waals surface area contributed by atoms with Gasteiger partial charge in [0, 0.05) is 29.4 Å². The summed E-state index contributed by atoms with van der Waals surface area (Å²) in [5.41, 5.74) is 5.10. The number of nitrogens with zero attached hydrogens (tertiary/aromatic N) is 1. The van der Waals surface area contributed by atoms with Crippen molar-refractivity contribution in [3.8, 4) is 0 Å². The minimum Gasteiger partial charge on any atom is -0.465 e. The Kier molecular flexibility index (Phi) is 6.13. The van der Waals surface area contributed by atoms with E-state index in [4.69, 9.17) is 4.74 Å². The van der Waals surface area contributed by atoms with E-state index < -0.39 is 5.41 Å². The van der Waals surface area contributed by atoms with E-state index in [-0.39, 0.29) is 17.2 Å². The molecule has 164 valence electrons. The molecule has 0 spiro atoms. The maximum Gasteiger partial charge on any atom is 0.337 e.